The second kappa shape index (κ2) is 2.70. The molecule has 3 heteroatoms. The molecular formula is C8H9ClO2. The van der Waals surface area contributed by atoms with Crippen molar-refractivity contribution in [2.45, 2.75) is 20.8 Å². The van der Waals surface area contributed by atoms with Gasteiger partial charge in [-0.15, -0.1) is 0 Å². The average molecular weight is 173 g/mol. The lowest BCUT2D eigenvalue weighted by Gasteiger charge is -1.89. The van der Waals surface area contributed by atoms with Gasteiger partial charge in [0.15, 0.2) is 0 Å². The van der Waals surface area contributed by atoms with Gasteiger partial charge in [0, 0.05) is 5.56 Å². The lowest BCUT2D eigenvalue weighted by molar-refractivity contribution is 0.107. The van der Waals surface area contributed by atoms with Crippen LogP contribution in [0.1, 0.15) is 27.4 Å². The van der Waals surface area contributed by atoms with E-state index < -0.39 is 5.24 Å². The molecule has 1 rings (SSSR count). The Morgan fingerprint density at radius 2 is 1.82 bits per heavy atom. The normalized spacial score (nSPS) is 10.2. The Kier molecular flexibility index (Phi) is 2.05. The van der Waals surface area contributed by atoms with Crippen LogP contribution in [0.2, 0.25) is 0 Å². The number of rotatable bonds is 1. The molecule has 60 valence electrons. The number of halogens is 1. The van der Waals surface area contributed by atoms with E-state index in [2.05, 4.69) is 0 Å². The van der Waals surface area contributed by atoms with Crippen LogP contribution in [-0.4, -0.2) is 5.24 Å². The van der Waals surface area contributed by atoms with Crippen LogP contribution in [0.15, 0.2) is 4.42 Å². The van der Waals surface area contributed by atoms with Gasteiger partial charge in [-0.05, 0) is 32.4 Å². The molecule has 0 aliphatic rings. The SMILES string of the molecule is Cc1oc(C)c(C(=O)Cl)c1C. The van der Waals surface area contributed by atoms with Crippen molar-refractivity contribution >= 4 is 16.8 Å². The number of carbonyl (C=O) groups excluding carboxylic acids is 1. The minimum Gasteiger partial charge on any atom is -0.466 e. The molecule has 0 amide bonds. The standard InChI is InChI=1S/C8H9ClO2/c1-4-5(2)11-6(3)7(4)8(9)10/h1-3H3. The zero-order valence-corrected chi connectivity index (χ0v) is 7.45. The maximum absolute atomic E-state index is 10.8. The molecule has 0 aromatic carbocycles. The van der Waals surface area contributed by atoms with Gasteiger partial charge in [0.25, 0.3) is 5.24 Å². The Labute approximate surface area is 70.2 Å². The third kappa shape index (κ3) is 1.31. The second-order valence-electron chi connectivity index (χ2n) is 2.49. The van der Waals surface area contributed by atoms with E-state index >= 15 is 0 Å². The molecule has 11 heavy (non-hydrogen) atoms. The Morgan fingerprint density at radius 1 is 1.27 bits per heavy atom. The molecule has 1 aromatic heterocycles. The highest BCUT2D eigenvalue weighted by Gasteiger charge is 2.15. The van der Waals surface area contributed by atoms with Gasteiger partial charge < -0.3 is 4.42 Å². The van der Waals surface area contributed by atoms with E-state index in [1.807, 2.05) is 13.8 Å². The minimum atomic E-state index is -0.447. The molecule has 2 nitrogen and oxygen atoms in total. The highest BCUT2D eigenvalue weighted by Crippen LogP contribution is 2.21. The van der Waals surface area contributed by atoms with Gasteiger partial charge in [-0.2, -0.15) is 0 Å². The highest BCUT2D eigenvalue weighted by molar-refractivity contribution is 6.68. The molecule has 1 aromatic rings. The van der Waals surface area contributed by atoms with E-state index in [1.165, 1.54) is 0 Å². The predicted octanol–water partition coefficient (Wildman–Crippen LogP) is 2.58. The first-order valence-corrected chi connectivity index (χ1v) is 3.68. The van der Waals surface area contributed by atoms with Gasteiger partial charge in [-0.1, -0.05) is 0 Å². The third-order valence-electron chi connectivity index (χ3n) is 1.76. The maximum atomic E-state index is 10.8. The lowest BCUT2D eigenvalue weighted by atomic mass is 10.1. The fraction of sp³-hybridized carbons (Fsp3) is 0.375. The largest absolute Gasteiger partial charge is 0.466 e. The summed E-state index contributed by atoms with van der Waals surface area (Å²) in [6.45, 7) is 5.36. The van der Waals surface area contributed by atoms with Crippen molar-refractivity contribution < 1.29 is 9.21 Å². The van der Waals surface area contributed by atoms with Crippen LogP contribution in [0.4, 0.5) is 0 Å². The molecule has 0 aliphatic heterocycles. The molecule has 0 bridgehead atoms. The monoisotopic (exact) mass is 172 g/mol. The molecule has 0 spiro atoms. The Bertz CT molecular complexity index is 299. The van der Waals surface area contributed by atoms with Crippen molar-refractivity contribution in [1.29, 1.82) is 0 Å². The summed E-state index contributed by atoms with van der Waals surface area (Å²) in [4.78, 5) is 10.8. The lowest BCUT2D eigenvalue weighted by Crippen LogP contribution is -1.91. The van der Waals surface area contributed by atoms with Gasteiger partial charge in [-0.25, -0.2) is 0 Å². The van der Waals surface area contributed by atoms with Crippen LogP contribution in [0.5, 0.6) is 0 Å². The summed E-state index contributed by atoms with van der Waals surface area (Å²) in [6.07, 6.45) is 0. The first-order valence-electron chi connectivity index (χ1n) is 3.30. The van der Waals surface area contributed by atoms with Crippen molar-refractivity contribution in [2.75, 3.05) is 0 Å². The molecule has 0 saturated carbocycles. The van der Waals surface area contributed by atoms with Gasteiger partial charge in [0.1, 0.15) is 11.5 Å². The van der Waals surface area contributed by atoms with Gasteiger partial charge in [-0.3, -0.25) is 4.79 Å². The smallest absolute Gasteiger partial charge is 0.256 e. The topological polar surface area (TPSA) is 30.2 Å². The van der Waals surface area contributed by atoms with Crippen molar-refractivity contribution in [3.05, 3.63) is 22.6 Å². The number of furan rings is 1. The number of hydrogen-bond donors (Lipinski definition) is 0. The van der Waals surface area contributed by atoms with E-state index in [0.29, 0.717) is 11.3 Å². The van der Waals surface area contributed by atoms with Crippen molar-refractivity contribution in [1.82, 2.24) is 0 Å². The van der Waals surface area contributed by atoms with E-state index in [-0.39, 0.29) is 0 Å². The molecule has 1 heterocycles. The third-order valence-corrected chi connectivity index (χ3v) is 1.95. The maximum Gasteiger partial charge on any atom is 0.256 e. The molecule has 0 aliphatic carbocycles. The van der Waals surface area contributed by atoms with Crippen LogP contribution in [0.25, 0.3) is 0 Å². The van der Waals surface area contributed by atoms with E-state index in [9.17, 15) is 4.79 Å². The summed E-state index contributed by atoms with van der Waals surface area (Å²) >= 11 is 5.33. The van der Waals surface area contributed by atoms with Gasteiger partial charge >= 0.3 is 0 Å². The van der Waals surface area contributed by atoms with Gasteiger partial charge in [0.2, 0.25) is 0 Å². The molecule has 0 saturated heterocycles. The van der Waals surface area contributed by atoms with Crippen molar-refractivity contribution in [2.24, 2.45) is 0 Å². The summed E-state index contributed by atoms with van der Waals surface area (Å²) in [5, 5.41) is -0.447. The molecule has 0 unspecified atom stereocenters. The van der Waals surface area contributed by atoms with Crippen LogP contribution in [0, 0.1) is 20.8 Å². The van der Waals surface area contributed by atoms with Gasteiger partial charge in [0.05, 0.1) is 5.56 Å². The minimum absolute atomic E-state index is 0.447. The first kappa shape index (κ1) is 8.34. The number of aryl methyl sites for hydroxylation is 2. The second-order valence-corrected chi connectivity index (χ2v) is 2.83. The predicted molar refractivity (Wildman–Crippen MR) is 43.1 cm³/mol. The molecular weight excluding hydrogens is 164 g/mol. The summed E-state index contributed by atoms with van der Waals surface area (Å²) in [5.41, 5.74) is 1.34. The van der Waals surface area contributed by atoms with E-state index in [4.69, 9.17) is 16.0 Å². The fourth-order valence-corrected chi connectivity index (χ4v) is 1.36. The zero-order chi connectivity index (χ0) is 8.59. The van der Waals surface area contributed by atoms with E-state index in [0.717, 1.165) is 11.3 Å². The van der Waals surface area contributed by atoms with Crippen molar-refractivity contribution in [3.63, 3.8) is 0 Å². The summed E-state index contributed by atoms with van der Waals surface area (Å²) in [5.74, 6) is 1.35. The Hall–Kier alpha value is -0.760. The Balaban J connectivity index is 3.34. The van der Waals surface area contributed by atoms with Crippen LogP contribution in [-0.2, 0) is 0 Å². The fourth-order valence-electron chi connectivity index (χ4n) is 1.08. The van der Waals surface area contributed by atoms with Crippen LogP contribution >= 0.6 is 11.6 Å². The van der Waals surface area contributed by atoms with E-state index in [1.54, 1.807) is 6.92 Å². The molecule has 0 atom stereocenters. The van der Waals surface area contributed by atoms with Crippen LogP contribution < -0.4 is 0 Å². The summed E-state index contributed by atoms with van der Waals surface area (Å²) < 4.78 is 5.20. The molecule has 0 radical (unpaired) electrons. The summed E-state index contributed by atoms with van der Waals surface area (Å²) in [7, 11) is 0. The molecule has 0 N–H and O–H groups in total. The highest BCUT2D eigenvalue weighted by atomic mass is 35.5. The van der Waals surface area contributed by atoms with Crippen LogP contribution in [0.3, 0.4) is 0 Å². The quantitative estimate of drug-likeness (QED) is 0.610. The molecule has 0 fully saturated rings. The number of carbonyl (C=O) groups is 1. The number of hydrogen-bond acceptors (Lipinski definition) is 2. The summed E-state index contributed by atoms with van der Waals surface area (Å²) in [6, 6.07) is 0. The zero-order valence-electron chi connectivity index (χ0n) is 6.69. The van der Waals surface area contributed by atoms with Crippen molar-refractivity contribution in [3.8, 4) is 0 Å². The Morgan fingerprint density at radius 3 is 2.00 bits per heavy atom. The first-order chi connectivity index (χ1) is 5.04. The average Bonchev–Trinajstić information content (AvgIpc) is 2.07.